The van der Waals surface area contributed by atoms with Crippen LogP contribution >= 0.6 is 11.6 Å². The van der Waals surface area contributed by atoms with Crippen molar-refractivity contribution in [3.8, 4) is 16.9 Å². The van der Waals surface area contributed by atoms with Crippen molar-refractivity contribution in [2.45, 2.75) is 18.7 Å². The molecule has 1 aliphatic heterocycles. The monoisotopic (exact) mass is 475 g/mol. The zero-order chi connectivity index (χ0) is 23.2. The summed E-state index contributed by atoms with van der Waals surface area (Å²) >= 11 is 6.38. The lowest BCUT2D eigenvalue weighted by Gasteiger charge is -2.16. The molecule has 0 spiro atoms. The molecular weight excluding hydrogens is 459 g/mol. The van der Waals surface area contributed by atoms with Gasteiger partial charge in [0.15, 0.2) is 11.3 Å². The van der Waals surface area contributed by atoms with Crippen LogP contribution in [0.5, 0.6) is 5.75 Å². The number of pyridine rings is 1. The standard InChI is InChI=1S/C23H17ClF3N3O3/c24-20-19(22(31)29-8-6-17(12-29)33-16-4-2-1-3-5-16)28-21-18(23(25,26)27)10-15(11-30(20)21)14-7-9-32-13-14/h1-5,7,9-11,13,17H,6,8,12H2. The number of rotatable bonds is 4. The minimum atomic E-state index is -4.70. The number of carbonyl (C=O) groups excluding carboxylic acids is 1. The predicted octanol–water partition coefficient (Wildman–Crippen LogP) is 5.56. The Bertz CT molecular complexity index is 1300. The van der Waals surface area contributed by atoms with Crippen molar-refractivity contribution in [3.63, 3.8) is 0 Å². The molecule has 10 heteroatoms. The number of fused-ring (bicyclic) bond motifs is 1. The number of hydrogen-bond donors (Lipinski definition) is 0. The number of benzene rings is 1. The van der Waals surface area contributed by atoms with E-state index in [1.54, 1.807) is 0 Å². The van der Waals surface area contributed by atoms with Gasteiger partial charge < -0.3 is 14.1 Å². The Morgan fingerprint density at radius 2 is 1.97 bits per heavy atom. The number of likely N-dealkylation sites (tertiary alicyclic amines) is 1. The molecule has 1 saturated heterocycles. The van der Waals surface area contributed by atoms with Crippen LogP contribution in [-0.4, -0.2) is 39.4 Å². The fourth-order valence-electron chi connectivity index (χ4n) is 3.90. The number of carbonyl (C=O) groups is 1. The van der Waals surface area contributed by atoms with Crippen LogP contribution in [0.3, 0.4) is 0 Å². The van der Waals surface area contributed by atoms with Crippen LogP contribution in [0.25, 0.3) is 16.8 Å². The van der Waals surface area contributed by atoms with Gasteiger partial charge in [-0.05, 0) is 24.3 Å². The van der Waals surface area contributed by atoms with Gasteiger partial charge in [0.05, 0.1) is 24.6 Å². The molecule has 0 aliphatic carbocycles. The molecule has 33 heavy (non-hydrogen) atoms. The van der Waals surface area contributed by atoms with E-state index in [9.17, 15) is 18.0 Å². The SMILES string of the molecule is O=C(c1nc2c(C(F)(F)F)cc(-c3ccoc3)cn2c1Cl)N1CCC(Oc2ccccc2)C1. The molecule has 1 unspecified atom stereocenters. The minimum Gasteiger partial charge on any atom is -0.489 e. The molecule has 0 saturated carbocycles. The average Bonchev–Trinajstić information content (AvgIpc) is 3.54. The first-order chi connectivity index (χ1) is 15.8. The van der Waals surface area contributed by atoms with Gasteiger partial charge in [0, 0.05) is 30.3 Å². The topological polar surface area (TPSA) is 60.0 Å². The number of nitrogens with zero attached hydrogens (tertiary/aromatic N) is 3. The summed E-state index contributed by atoms with van der Waals surface area (Å²) < 4.78 is 53.4. The summed E-state index contributed by atoms with van der Waals surface area (Å²) in [4.78, 5) is 18.6. The zero-order valence-corrected chi connectivity index (χ0v) is 17.8. The Morgan fingerprint density at radius 1 is 1.18 bits per heavy atom. The second kappa shape index (κ2) is 8.15. The van der Waals surface area contributed by atoms with Gasteiger partial charge in [0.25, 0.3) is 5.91 Å². The molecule has 1 fully saturated rings. The van der Waals surface area contributed by atoms with Crippen LogP contribution in [0.15, 0.2) is 65.6 Å². The lowest BCUT2D eigenvalue weighted by molar-refractivity contribution is -0.136. The molecule has 170 valence electrons. The second-order valence-corrected chi connectivity index (χ2v) is 8.05. The van der Waals surface area contributed by atoms with Gasteiger partial charge in [-0.15, -0.1) is 0 Å². The molecule has 0 N–H and O–H groups in total. The Hall–Kier alpha value is -3.46. The normalized spacial score (nSPS) is 16.5. The molecule has 0 radical (unpaired) electrons. The summed E-state index contributed by atoms with van der Waals surface area (Å²) in [6.45, 7) is 0.664. The number of para-hydroxylation sites is 1. The first-order valence-corrected chi connectivity index (χ1v) is 10.5. The maximum absolute atomic E-state index is 13.8. The summed E-state index contributed by atoms with van der Waals surface area (Å²) in [5.41, 5.74) is -0.972. The zero-order valence-electron chi connectivity index (χ0n) is 17.1. The number of alkyl halides is 3. The number of imidazole rings is 1. The van der Waals surface area contributed by atoms with Gasteiger partial charge in [-0.25, -0.2) is 4.98 Å². The van der Waals surface area contributed by atoms with Crippen LogP contribution in [-0.2, 0) is 6.18 Å². The lowest BCUT2D eigenvalue weighted by atomic mass is 10.1. The fourth-order valence-corrected chi connectivity index (χ4v) is 4.15. The summed E-state index contributed by atoms with van der Waals surface area (Å²) in [5, 5.41) is -0.182. The maximum atomic E-state index is 13.8. The number of aromatic nitrogens is 2. The van der Waals surface area contributed by atoms with Gasteiger partial charge >= 0.3 is 6.18 Å². The Morgan fingerprint density at radius 3 is 2.67 bits per heavy atom. The van der Waals surface area contributed by atoms with E-state index in [4.69, 9.17) is 20.8 Å². The van der Waals surface area contributed by atoms with Gasteiger partial charge in [0.2, 0.25) is 0 Å². The molecule has 4 heterocycles. The highest BCUT2D eigenvalue weighted by molar-refractivity contribution is 6.33. The molecule has 1 aliphatic rings. The Kier molecular flexibility index (Phi) is 5.28. The van der Waals surface area contributed by atoms with Crippen LogP contribution in [0.1, 0.15) is 22.5 Å². The third kappa shape index (κ3) is 4.04. The first-order valence-electron chi connectivity index (χ1n) is 10.1. The van der Waals surface area contributed by atoms with Crippen LogP contribution in [0.4, 0.5) is 13.2 Å². The molecule has 1 amide bonds. The van der Waals surface area contributed by atoms with E-state index in [1.165, 1.54) is 29.7 Å². The van der Waals surface area contributed by atoms with Crippen molar-refractivity contribution in [2.75, 3.05) is 13.1 Å². The smallest absolute Gasteiger partial charge is 0.420 e. The fraction of sp³-hybridized carbons (Fsp3) is 0.217. The highest BCUT2D eigenvalue weighted by Crippen LogP contribution is 2.37. The van der Waals surface area contributed by atoms with Crippen molar-refractivity contribution >= 4 is 23.2 Å². The molecule has 0 bridgehead atoms. The van der Waals surface area contributed by atoms with Crippen molar-refractivity contribution in [1.82, 2.24) is 14.3 Å². The van der Waals surface area contributed by atoms with Crippen molar-refractivity contribution in [1.29, 1.82) is 0 Å². The molecule has 4 aromatic rings. The second-order valence-electron chi connectivity index (χ2n) is 7.69. The molecular formula is C23H17ClF3N3O3. The number of amides is 1. The summed E-state index contributed by atoms with van der Waals surface area (Å²) in [7, 11) is 0. The largest absolute Gasteiger partial charge is 0.489 e. The van der Waals surface area contributed by atoms with E-state index >= 15 is 0 Å². The van der Waals surface area contributed by atoms with Gasteiger partial charge in [-0.2, -0.15) is 13.2 Å². The Balaban J connectivity index is 1.47. The summed E-state index contributed by atoms with van der Waals surface area (Å²) in [6.07, 6.45) is -0.242. The van der Waals surface area contributed by atoms with Gasteiger partial charge in [-0.1, -0.05) is 29.8 Å². The van der Waals surface area contributed by atoms with E-state index in [0.717, 1.165) is 10.5 Å². The predicted molar refractivity (Wildman–Crippen MR) is 114 cm³/mol. The maximum Gasteiger partial charge on any atom is 0.420 e. The number of hydrogen-bond acceptors (Lipinski definition) is 4. The van der Waals surface area contributed by atoms with E-state index < -0.39 is 23.3 Å². The number of halogens is 4. The number of furan rings is 1. The molecule has 6 nitrogen and oxygen atoms in total. The minimum absolute atomic E-state index is 0.182. The average molecular weight is 476 g/mol. The highest BCUT2D eigenvalue weighted by atomic mass is 35.5. The lowest BCUT2D eigenvalue weighted by Crippen LogP contribution is -2.31. The van der Waals surface area contributed by atoms with Crippen molar-refractivity contribution in [2.24, 2.45) is 0 Å². The van der Waals surface area contributed by atoms with Gasteiger partial charge in [-0.3, -0.25) is 9.20 Å². The van der Waals surface area contributed by atoms with E-state index in [0.29, 0.717) is 24.3 Å². The van der Waals surface area contributed by atoms with Crippen LogP contribution in [0.2, 0.25) is 5.15 Å². The van der Waals surface area contributed by atoms with E-state index in [2.05, 4.69) is 4.98 Å². The quantitative estimate of drug-likeness (QED) is 0.388. The molecule has 1 atom stereocenters. The third-order valence-corrected chi connectivity index (χ3v) is 5.86. The summed E-state index contributed by atoms with van der Waals surface area (Å²) in [6, 6.07) is 11.7. The van der Waals surface area contributed by atoms with Crippen molar-refractivity contribution < 1.29 is 27.1 Å². The highest BCUT2D eigenvalue weighted by Gasteiger charge is 2.37. The third-order valence-electron chi connectivity index (χ3n) is 5.50. The molecule has 5 rings (SSSR count). The summed E-state index contributed by atoms with van der Waals surface area (Å²) in [5.74, 6) is 0.144. The Labute approximate surface area is 191 Å². The van der Waals surface area contributed by atoms with Crippen LogP contribution in [0, 0.1) is 0 Å². The number of ether oxygens (including phenoxy) is 1. The van der Waals surface area contributed by atoms with Crippen molar-refractivity contribution in [3.05, 3.63) is 77.6 Å². The molecule has 1 aromatic carbocycles. The van der Waals surface area contributed by atoms with Gasteiger partial charge in [0.1, 0.15) is 17.0 Å². The van der Waals surface area contributed by atoms with Crippen LogP contribution < -0.4 is 4.74 Å². The molecule has 3 aromatic heterocycles. The first kappa shape index (κ1) is 21.4. The van der Waals surface area contributed by atoms with E-state index in [1.807, 2.05) is 30.3 Å². The van der Waals surface area contributed by atoms with E-state index in [-0.39, 0.29) is 29.1 Å².